The van der Waals surface area contributed by atoms with Crippen molar-refractivity contribution in [3.8, 4) is 0 Å². The SMILES string of the molecule is C/C=C/[C@@H]1[C@@H](CO)N1S(=O)(=O)c1ccc(C)cc1. The van der Waals surface area contributed by atoms with Crippen molar-refractivity contribution in [3.05, 3.63) is 42.0 Å². The van der Waals surface area contributed by atoms with E-state index in [0.29, 0.717) is 0 Å². The Morgan fingerprint density at radius 1 is 1.33 bits per heavy atom. The second-order valence-electron chi connectivity index (χ2n) is 4.41. The summed E-state index contributed by atoms with van der Waals surface area (Å²) in [6.07, 6.45) is 3.60. The zero-order chi connectivity index (χ0) is 13.3. The lowest BCUT2D eigenvalue weighted by molar-refractivity contribution is 0.286. The fourth-order valence-electron chi connectivity index (χ4n) is 2.05. The first-order valence-corrected chi connectivity index (χ1v) is 7.30. The fraction of sp³-hybridized carbons (Fsp3) is 0.385. The molecular weight excluding hydrogens is 250 g/mol. The van der Waals surface area contributed by atoms with Crippen molar-refractivity contribution in [1.29, 1.82) is 0 Å². The molecule has 5 heteroatoms. The van der Waals surface area contributed by atoms with E-state index in [1.54, 1.807) is 36.4 Å². The molecule has 0 aliphatic carbocycles. The molecule has 0 spiro atoms. The first kappa shape index (κ1) is 13.3. The third kappa shape index (κ3) is 2.21. The zero-order valence-corrected chi connectivity index (χ0v) is 11.3. The quantitative estimate of drug-likeness (QED) is 0.661. The molecule has 1 fully saturated rings. The number of sulfonamides is 1. The minimum absolute atomic E-state index is 0.153. The van der Waals surface area contributed by atoms with Crippen LogP contribution in [0.15, 0.2) is 41.3 Å². The highest BCUT2D eigenvalue weighted by Crippen LogP contribution is 2.36. The molecule has 4 nitrogen and oxygen atoms in total. The average molecular weight is 267 g/mol. The molecule has 1 aliphatic heterocycles. The Morgan fingerprint density at radius 3 is 2.44 bits per heavy atom. The minimum atomic E-state index is -3.49. The first-order chi connectivity index (χ1) is 8.52. The standard InChI is InChI=1S/C13H17NO3S/c1-3-4-12-13(9-15)14(12)18(16,17)11-7-5-10(2)6-8-11/h3-8,12-13,15H,9H2,1-2H3/b4-3+/t12-,13-,14?/m1/s1. The lowest BCUT2D eigenvalue weighted by Gasteiger charge is -2.06. The molecule has 1 unspecified atom stereocenters. The number of aliphatic hydroxyl groups is 1. The lowest BCUT2D eigenvalue weighted by Crippen LogP contribution is -2.16. The van der Waals surface area contributed by atoms with Gasteiger partial charge in [0.2, 0.25) is 10.0 Å². The van der Waals surface area contributed by atoms with Gasteiger partial charge in [0, 0.05) is 0 Å². The van der Waals surface area contributed by atoms with Crippen LogP contribution in [0.3, 0.4) is 0 Å². The summed E-state index contributed by atoms with van der Waals surface area (Å²) in [5.74, 6) is 0. The van der Waals surface area contributed by atoms with E-state index >= 15 is 0 Å². The van der Waals surface area contributed by atoms with Crippen LogP contribution in [0.1, 0.15) is 12.5 Å². The van der Waals surface area contributed by atoms with Gasteiger partial charge in [0.1, 0.15) is 0 Å². The molecule has 0 aromatic heterocycles. The summed E-state index contributed by atoms with van der Waals surface area (Å²) < 4.78 is 26.0. The average Bonchev–Trinajstić information content (AvgIpc) is 3.04. The Morgan fingerprint density at radius 2 is 1.94 bits per heavy atom. The van der Waals surface area contributed by atoms with Crippen LogP contribution in [-0.4, -0.2) is 36.5 Å². The number of allylic oxidation sites excluding steroid dienone is 1. The van der Waals surface area contributed by atoms with Crippen LogP contribution in [0, 0.1) is 6.92 Å². The molecule has 1 saturated heterocycles. The van der Waals surface area contributed by atoms with Crippen molar-refractivity contribution < 1.29 is 13.5 Å². The predicted octanol–water partition coefficient (Wildman–Crippen LogP) is 1.30. The van der Waals surface area contributed by atoms with E-state index in [9.17, 15) is 13.5 Å². The van der Waals surface area contributed by atoms with Crippen LogP contribution in [0.2, 0.25) is 0 Å². The van der Waals surface area contributed by atoms with Crippen molar-refractivity contribution >= 4 is 10.0 Å². The van der Waals surface area contributed by atoms with E-state index in [0.717, 1.165) is 5.56 Å². The van der Waals surface area contributed by atoms with Crippen LogP contribution >= 0.6 is 0 Å². The van der Waals surface area contributed by atoms with Crippen molar-refractivity contribution in [2.45, 2.75) is 30.8 Å². The molecule has 0 saturated carbocycles. The Kier molecular flexibility index (Phi) is 3.56. The molecule has 0 bridgehead atoms. The van der Waals surface area contributed by atoms with Gasteiger partial charge in [-0.1, -0.05) is 29.8 Å². The maximum Gasteiger partial charge on any atom is 0.244 e. The molecule has 0 radical (unpaired) electrons. The molecule has 1 aromatic carbocycles. The van der Waals surface area contributed by atoms with Crippen LogP contribution < -0.4 is 0 Å². The fourth-order valence-corrected chi connectivity index (χ4v) is 3.79. The largest absolute Gasteiger partial charge is 0.395 e. The highest BCUT2D eigenvalue weighted by molar-refractivity contribution is 7.89. The van der Waals surface area contributed by atoms with Crippen molar-refractivity contribution in [2.75, 3.05) is 6.61 Å². The summed E-state index contributed by atoms with van der Waals surface area (Å²) in [5.41, 5.74) is 1.02. The Hall–Kier alpha value is -1.17. The minimum Gasteiger partial charge on any atom is -0.395 e. The van der Waals surface area contributed by atoms with Gasteiger partial charge in [0.15, 0.2) is 0 Å². The number of rotatable bonds is 4. The highest BCUT2D eigenvalue weighted by Gasteiger charge is 2.53. The topological polar surface area (TPSA) is 57.4 Å². The first-order valence-electron chi connectivity index (χ1n) is 5.86. The third-order valence-corrected chi connectivity index (χ3v) is 5.04. The molecule has 1 aromatic rings. The molecule has 2 rings (SSSR count). The molecule has 1 aliphatic rings. The number of aryl methyl sites for hydroxylation is 1. The van der Waals surface area contributed by atoms with Gasteiger partial charge in [-0.05, 0) is 26.0 Å². The van der Waals surface area contributed by atoms with Crippen molar-refractivity contribution in [1.82, 2.24) is 4.31 Å². The summed E-state index contributed by atoms with van der Waals surface area (Å²) in [5, 5.41) is 9.19. The monoisotopic (exact) mass is 267 g/mol. The van der Waals surface area contributed by atoms with E-state index in [1.165, 1.54) is 4.31 Å². The second-order valence-corrected chi connectivity index (χ2v) is 6.26. The number of hydrogen-bond acceptors (Lipinski definition) is 3. The van der Waals surface area contributed by atoms with Crippen LogP contribution in [-0.2, 0) is 10.0 Å². The summed E-state index contributed by atoms with van der Waals surface area (Å²) in [4.78, 5) is 0.276. The van der Waals surface area contributed by atoms with Crippen molar-refractivity contribution in [3.63, 3.8) is 0 Å². The van der Waals surface area contributed by atoms with Crippen LogP contribution in [0.25, 0.3) is 0 Å². The number of aliphatic hydroxyl groups excluding tert-OH is 1. The predicted molar refractivity (Wildman–Crippen MR) is 69.7 cm³/mol. The Balaban J connectivity index is 2.30. The lowest BCUT2D eigenvalue weighted by atomic mass is 10.2. The summed E-state index contributed by atoms with van der Waals surface area (Å²) >= 11 is 0. The van der Waals surface area contributed by atoms with E-state index in [1.807, 2.05) is 13.8 Å². The maximum atomic E-state index is 12.3. The van der Waals surface area contributed by atoms with Gasteiger partial charge in [-0.3, -0.25) is 0 Å². The molecule has 18 heavy (non-hydrogen) atoms. The maximum absolute atomic E-state index is 12.3. The van der Waals surface area contributed by atoms with Gasteiger partial charge in [0.05, 0.1) is 23.6 Å². The van der Waals surface area contributed by atoms with Gasteiger partial charge in [0.25, 0.3) is 0 Å². The van der Waals surface area contributed by atoms with E-state index in [2.05, 4.69) is 0 Å². The summed E-state index contributed by atoms with van der Waals surface area (Å²) in [7, 11) is -3.49. The van der Waals surface area contributed by atoms with Gasteiger partial charge in [-0.15, -0.1) is 0 Å². The highest BCUT2D eigenvalue weighted by atomic mass is 32.2. The molecule has 3 atom stereocenters. The summed E-state index contributed by atoms with van der Waals surface area (Å²) in [6, 6.07) is 6.21. The Bertz CT molecular complexity index is 548. The zero-order valence-electron chi connectivity index (χ0n) is 10.4. The van der Waals surface area contributed by atoms with E-state index < -0.39 is 10.0 Å². The van der Waals surface area contributed by atoms with Crippen molar-refractivity contribution in [2.24, 2.45) is 0 Å². The van der Waals surface area contributed by atoms with Crippen LogP contribution in [0.5, 0.6) is 0 Å². The van der Waals surface area contributed by atoms with Gasteiger partial charge in [-0.25, -0.2) is 8.42 Å². The van der Waals surface area contributed by atoms with Gasteiger partial charge in [-0.2, -0.15) is 4.31 Å². The Labute approximate surface area is 108 Å². The number of nitrogens with zero attached hydrogens (tertiary/aromatic N) is 1. The second kappa shape index (κ2) is 4.84. The normalized spacial score (nSPS) is 27.6. The van der Waals surface area contributed by atoms with Gasteiger partial charge < -0.3 is 5.11 Å². The molecular formula is C13H17NO3S. The van der Waals surface area contributed by atoms with Crippen LogP contribution in [0.4, 0.5) is 0 Å². The smallest absolute Gasteiger partial charge is 0.244 e. The molecule has 0 amide bonds. The van der Waals surface area contributed by atoms with E-state index in [4.69, 9.17) is 0 Å². The summed E-state index contributed by atoms with van der Waals surface area (Å²) in [6.45, 7) is 3.59. The molecule has 1 N–H and O–H groups in total. The molecule has 98 valence electrons. The number of benzene rings is 1. The third-order valence-electron chi connectivity index (χ3n) is 3.10. The van der Waals surface area contributed by atoms with E-state index in [-0.39, 0.29) is 23.6 Å². The molecule has 1 heterocycles. The van der Waals surface area contributed by atoms with Gasteiger partial charge >= 0.3 is 0 Å². The number of hydrogen-bond donors (Lipinski definition) is 1.